The third kappa shape index (κ3) is 2.75. The van der Waals surface area contributed by atoms with Gasteiger partial charge in [-0.05, 0) is 43.7 Å². The topological polar surface area (TPSA) is 54.3 Å². The minimum atomic E-state index is 0.151. The van der Waals surface area contributed by atoms with Crippen molar-refractivity contribution in [2.45, 2.75) is 50.7 Å². The quantitative estimate of drug-likeness (QED) is 0.854. The van der Waals surface area contributed by atoms with Crippen LogP contribution in [-0.4, -0.2) is 18.0 Å². The number of carbonyl (C=O) groups is 1. The van der Waals surface area contributed by atoms with Gasteiger partial charge in [0.05, 0.1) is 12.8 Å². The van der Waals surface area contributed by atoms with Crippen molar-refractivity contribution in [3.63, 3.8) is 0 Å². The van der Waals surface area contributed by atoms with E-state index in [4.69, 9.17) is 4.42 Å². The van der Waals surface area contributed by atoms with Crippen LogP contribution in [0.5, 0.6) is 0 Å². The Kier molecular flexibility index (Phi) is 3.37. The predicted octanol–water partition coefficient (Wildman–Crippen LogP) is 1.82. The van der Waals surface area contributed by atoms with Gasteiger partial charge in [-0.2, -0.15) is 0 Å². The first kappa shape index (κ1) is 11.8. The minimum Gasteiger partial charge on any atom is -0.467 e. The van der Waals surface area contributed by atoms with Crippen LogP contribution < -0.4 is 10.6 Å². The number of carbonyl (C=O) groups excluding carboxylic acids is 1. The van der Waals surface area contributed by atoms with Crippen LogP contribution in [0.25, 0.3) is 0 Å². The summed E-state index contributed by atoms with van der Waals surface area (Å²) in [5, 5.41) is 6.53. The second kappa shape index (κ2) is 5.14. The van der Waals surface area contributed by atoms with E-state index in [1.165, 1.54) is 12.8 Å². The highest BCUT2D eigenvalue weighted by Gasteiger charge is 2.34. The van der Waals surface area contributed by atoms with Crippen LogP contribution >= 0.6 is 0 Å². The van der Waals surface area contributed by atoms with Gasteiger partial charge in [0.1, 0.15) is 5.76 Å². The van der Waals surface area contributed by atoms with Gasteiger partial charge < -0.3 is 15.1 Å². The Labute approximate surface area is 107 Å². The molecular formula is C14H20N2O2. The summed E-state index contributed by atoms with van der Waals surface area (Å²) in [6.45, 7) is 0.504. The monoisotopic (exact) mass is 248 g/mol. The third-order valence-corrected chi connectivity index (χ3v) is 4.08. The zero-order valence-electron chi connectivity index (χ0n) is 10.5. The molecule has 3 heterocycles. The van der Waals surface area contributed by atoms with Gasteiger partial charge in [-0.15, -0.1) is 0 Å². The number of hydrogen-bond acceptors (Lipinski definition) is 3. The molecule has 2 fully saturated rings. The van der Waals surface area contributed by atoms with E-state index in [9.17, 15) is 4.79 Å². The zero-order valence-corrected chi connectivity index (χ0v) is 10.5. The lowest BCUT2D eigenvalue weighted by Crippen LogP contribution is -2.39. The molecule has 4 nitrogen and oxygen atoms in total. The fourth-order valence-corrected chi connectivity index (χ4v) is 3.28. The van der Waals surface area contributed by atoms with E-state index in [-0.39, 0.29) is 5.91 Å². The standard InChI is InChI=1S/C14H20N2O2/c17-14(15-9-13-2-1-5-18-13)8-10-6-11-3-4-12(7-10)16-11/h1-2,5,10-12,16H,3-4,6-9H2,(H,15,17). The normalized spacial score (nSPS) is 30.3. The Balaban J connectivity index is 1.43. The Morgan fingerprint density at radius 1 is 1.39 bits per heavy atom. The van der Waals surface area contributed by atoms with Crippen molar-refractivity contribution in [3.8, 4) is 0 Å². The lowest BCUT2D eigenvalue weighted by Gasteiger charge is -2.28. The maximum absolute atomic E-state index is 11.9. The molecule has 2 atom stereocenters. The van der Waals surface area contributed by atoms with Gasteiger partial charge >= 0.3 is 0 Å². The molecule has 1 amide bonds. The summed E-state index contributed by atoms with van der Waals surface area (Å²) < 4.78 is 5.19. The average Bonchev–Trinajstić information content (AvgIpc) is 2.97. The van der Waals surface area contributed by atoms with E-state index >= 15 is 0 Å². The zero-order chi connectivity index (χ0) is 12.4. The fraction of sp³-hybridized carbons (Fsp3) is 0.643. The van der Waals surface area contributed by atoms with E-state index in [0.29, 0.717) is 31.0 Å². The summed E-state index contributed by atoms with van der Waals surface area (Å²) >= 11 is 0. The number of furan rings is 1. The lowest BCUT2D eigenvalue weighted by molar-refractivity contribution is -0.122. The molecule has 2 bridgehead atoms. The predicted molar refractivity (Wildman–Crippen MR) is 67.8 cm³/mol. The minimum absolute atomic E-state index is 0.151. The molecule has 2 saturated heterocycles. The first-order chi connectivity index (χ1) is 8.79. The van der Waals surface area contributed by atoms with Gasteiger partial charge in [0.2, 0.25) is 5.91 Å². The first-order valence-corrected chi connectivity index (χ1v) is 6.85. The number of hydrogen-bond donors (Lipinski definition) is 2. The summed E-state index contributed by atoms with van der Waals surface area (Å²) in [4.78, 5) is 11.9. The number of piperidine rings is 1. The molecule has 18 heavy (non-hydrogen) atoms. The van der Waals surface area contributed by atoms with Crippen LogP contribution in [0.3, 0.4) is 0 Å². The van der Waals surface area contributed by atoms with Crippen LogP contribution in [0.1, 0.15) is 37.9 Å². The first-order valence-electron chi connectivity index (χ1n) is 6.85. The van der Waals surface area contributed by atoms with E-state index < -0.39 is 0 Å². The van der Waals surface area contributed by atoms with Crippen molar-refractivity contribution < 1.29 is 9.21 Å². The van der Waals surface area contributed by atoms with Crippen molar-refractivity contribution in [2.75, 3.05) is 0 Å². The number of amides is 1. The molecule has 2 aliphatic heterocycles. The van der Waals surface area contributed by atoms with Crippen LogP contribution in [-0.2, 0) is 11.3 Å². The van der Waals surface area contributed by atoms with Crippen LogP contribution in [0, 0.1) is 5.92 Å². The molecule has 0 aromatic carbocycles. The van der Waals surface area contributed by atoms with Crippen molar-refractivity contribution in [1.29, 1.82) is 0 Å². The Morgan fingerprint density at radius 3 is 2.83 bits per heavy atom. The molecule has 2 unspecified atom stereocenters. The Morgan fingerprint density at radius 2 is 2.17 bits per heavy atom. The summed E-state index contributed by atoms with van der Waals surface area (Å²) in [6, 6.07) is 5.04. The van der Waals surface area contributed by atoms with Crippen LogP contribution in [0.2, 0.25) is 0 Å². The molecule has 4 heteroatoms. The molecular weight excluding hydrogens is 228 g/mol. The van der Waals surface area contributed by atoms with Gasteiger partial charge in [0.15, 0.2) is 0 Å². The van der Waals surface area contributed by atoms with Gasteiger partial charge in [0.25, 0.3) is 0 Å². The van der Waals surface area contributed by atoms with Crippen molar-refractivity contribution in [3.05, 3.63) is 24.2 Å². The lowest BCUT2D eigenvalue weighted by atomic mass is 9.89. The second-order valence-electron chi connectivity index (χ2n) is 5.54. The van der Waals surface area contributed by atoms with Crippen LogP contribution in [0.15, 0.2) is 22.8 Å². The molecule has 0 saturated carbocycles. The SMILES string of the molecule is O=C(CC1CC2CCC(C1)N2)NCc1ccco1. The van der Waals surface area contributed by atoms with E-state index in [0.717, 1.165) is 18.6 Å². The second-order valence-corrected chi connectivity index (χ2v) is 5.54. The molecule has 0 radical (unpaired) electrons. The van der Waals surface area contributed by atoms with Gasteiger partial charge in [-0.25, -0.2) is 0 Å². The number of nitrogens with one attached hydrogen (secondary N) is 2. The molecule has 0 aliphatic carbocycles. The molecule has 2 N–H and O–H groups in total. The third-order valence-electron chi connectivity index (χ3n) is 4.08. The highest BCUT2D eigenvalue weighted by atomic mass is 16.3. The average molecular weight is 248 g/mol. The van der Waals surface area contributed by atoms with Crippen molar-refractivity contribution in [1.82, 2.24) is 10.6 Å². The van der Waals surface area contributed by atoms with Crippen molar-refractivity contribution >= 4 is 5.91 Å². The van der Waals surface area contributed by atoms with E-state index in [2.05, 4.69) is 10.6 Å². The van der Waals surface area contributed by atoms with E-state index in [1.54, 1.807) is 6.26 Å². The van der Waals surface area contributed by atoms with Gasteiger partial charge in [-0.3, -0.25) is 4.79 Å². The molecule has 0 spiro atoms. The molecule has 1 aromatic heterocycles. The largest absolute Gasteiger partial charge is 0.467 e. The maximum Gasteiger partial charge on any atom is 0.220 e. The summed E-state index contributed by atoms with van der Waals surface area (Å²) in [6.07, 6.45) is 7.18. The smallest absolute Gasteiger partial charge is 0.220 e. The molecule has 2 aliphatic rings. The molecule has 3 rings (SSSR count). The van der Waals surface area contributed by atoms with Crippen molar-refractivity contribution in [2.24, 2.45) is 5.92 Å². The summed E-state index contributed by atoms with van der Waals surface area (Å²) in [7, 11) is 0. The Bertz CT molecular complexity index is 390. The number of fused-ring (bicyclic) bond motifs is 2. The fourth-order valence-electron chi connectivity index (χ4n) is 3.28. The number of rotatable bonds is 4. The Hall–Kier alpha value is -1.29. The molecule has 1 aromatic rings. The summed E-state index contributed by atoms with van der Waals surface area (Å²) in [5.41, 5.74) is 0. The van der Waals surface area contributed by atoms with Gasteiger partial charge in [0, 0.05) is 18.5 Å². The van der Waals surface area contributed by atoms with Crippen LogP contribution in [0.4, 0.5) is 0 Å². The molecule has 98 valence electrons. The maximum atomic E-state index is 11.9. The van der Waals surface area contributed by atoms with E-state index in [1.807, 2.05) is 12.1 Å². The highest BCUT2D eigenvalue weighted by molar-refractivity contribution is 5.76. The highest BCUT2D eigenvalue weighted by Crippen LogP contribution is 2.32. The summed E-state index contributed by atoms with van der Waals surface area (Å²) in [5.74, 6) is 1.52. The van der Waals surface area contributed by atoms with Gasteiger partial charge in [-0.1, -0.05) is 0 Å².